The highest BCUT2D eigenvalue weighted by Gasteiger charge is 2.41. The first-order valence-electron chi connectivity index (χ1n) is 7.68. The molecule has 0 aliphatic carbocycles. The molecule has 4 rings (SSSR count). The number of hydrogen-bond donors (Lipinski definition) is 1. The molecule has 2 aromatic carbocycles. The molecule has 1 saturated heterocycles. The predicted octanol–water partition coefficient (Wildman–Crippen LogP) is 2.82. The van der Waals surface area contributed by atoms with E-state index < -0.39 is 0 Å². The second-order valence-electron chi connectivity index (χ2n) is 5.74. The second-order valence-corrected chi connectivity index (χ2v) is 5.74. The SMILES string of the molecule is COc1cc(O)c(C[C@@H]2O[C@H]2c2ccc3c(c2)OCO3)c(OC)c1. The molecule has 2 atom stereocenters. The number of rotatable bonds is 5. The molecular formula is C18H18O6. The normalized spacial score (nSPS) is 20.8. The largest absolute Gasteiger partial charge is 0.507 e. The molecule has 1 fully saturated rings. The lowest BCUT2D eigenvalue weighted by Gasteiger charge is -2.11. The van der Waals surface area contributed by atoms with E-state index in [1.165, 1.54) is 0 Å². The van der Waals surface area contributed by atoms with Crippen LogP contribution in [0.3, 0.4) is 0 Å². The molecule has 2 aromatic rings. The van der Waals surface area contributed by atoms with Gasteiger partial charge in [0.1, 0.15) is 23.4 Å². The summed E-state index contributed by atoms with van der Waals surface area (Å²) in [5, 5.41) is 10.2. The van der Waals surface area contributed by atoms with Crippen molar-refractivity contribution in [2.24, 2.45) is 0 Å². The van der Waals surface area contributed by atoms with E-state index in [4.69, 9.17) is 23.7 Å². The van der Waals surface area contributed by atoms with Gasteiger partial charge >= 0.3 is 0 Å². The Labute approximate surface area is 139 Å². The van der Waals surface area contributed by atoms with Crippen LogP contribution in [0.2, 0.25) is 0 Å². The first-order valence-corrected chi connectivity index (χ1v) is 7.68. The molecule has 0 radical (unpaired) electrons. The molecule has 2 aliphatic rings. The number of phenols is 1. The zero-order valence-electron chi connectivity index (χ0n) is 13.4. The number of epoxide rings is 1. The van der Waals surface area contributed by atoms with Crippen LogP contribution in [-0.2, 0) is 11.2 Å². The van der Waals surface area contributed by atoms with Gasteiger partial charge < -0.3 is 28.8 Å². The molecule has 6 heteroatoms. The van der Waals surface area contributed by atoms with Gasteiger partial charge in [-0.25, -0.2) is 0 Å². The van der Waals surface area contributed by atoms with E-state index in [9.17, 15) is 5.11 Å². The Kier molecular flexibility index (Phi) is 3.61. The highest BCUT2D eigenvalue weighted by atomic mass is 16.7. The lowest BCUT2D eigenvalue weighted by Crippen LogP contribution is -2.00. The minimum absolute atomic E-state index is 0.0152. The van der Waals surface area contributed by atoms with Gasteiger partial charge in [0, 0.05) is 24.1 Å². The molecule has 0 saturated carbocycles. The Morgan fingerprint density at radius 2 is 1.92 bits per heavy atom. The first kappa shape index (κ1) is 15.0. The minimum atomic E-state index is -0.0225. The summed E-state index contributed by atoms with van der Waals surface area (Å²) >= 11 is 0. The minimum Gasteiger partial charge on any atom is -0.507 e. The van der Waals surface area contributed by atoms with E-state index in [-0.39, 0.29) is 24.8 Å². The van der Waals surface area contributed by atoms with E-state index in [2.05, 4.69) is 0 Å². The smallest absolute Gasteiger partial charge is 0.231 e. The summed E-state index contributed by atoms with van der Waals surface area (Å²) in [7, 11) is 3.12. The lowest BCUT2D eigenvalue weighted by atomic mass is 10.0. The van der Waals surface area contributed by atoms with E-state index in [0.717, 1.165) is 17.1 Å². The molecule has 0 aromatic heterocycles. The predicted molar refractivity (Wildman–Crippen MR) is 85.1 cm³/mol. The van der Waals surface area contributed by atoms with Crippen molar-refractivity contribution in [2.75, 3.05) is 21.0 Å². The van der Waals surface area contributed by atoms with Gasteiger partial charge in [0.2, 0.25) is 6.79 Å². The molecule has 2 aliphatic heterocycles. The molecule has 6 nitrogen and oxygen atoms in total. The maximum Gasteiger partial charge on any atom is 0.231 e. The van der Waals surface area contributed by atoms with Crippen LogP contribution in [0.15, 0.2) is 30.3 Å². The van der Waals surface area contributed by atoms with Crippen LogP contribution in [0.4, 0.5) is 0 Å². The number of phenolic OH excluding ortho intramolecular Hbond substituents is 1. The van der Waals surface area contributed by atoms with Crippen molar-refractivity contribution < 1.29 is 28.8 Å². The van der Waals surface area contributed by atoms with E-state index in [0.29, 0.717) is 23.5 Å². The van der Waals surface area contributed by atoms with Crippen molar-refractivity contribution in [1.29, 1.82) is 0 Å². The molecule has 0 spiro atoms. The Morgan fingerprint density at radius 3 is 2.71 bits per heavy atom. The Hall–Kier alpha value is -2.60. The summed E-state index contributed by atoms with van der Waals surface area (Å²) in [5.41, 5.74) is 1.75. The topological polar surface area (TPSA) is 69.7 Å². The molecule has 0 unspecified atom stereocenters. The van der Waals surface area contributed by atoms with Crippen LogP contribution in [-0.4, -0.2) is 32.2 Å². The quantitative estimate of drug-likeness (QED) is 0.850. The molecule has 0 bridgehead atoms. The van der Waals surface area contributed by atoms with Crippen LogP contribution in [0.5, 0.6) is 28.7 Å². The third kappa shape index (κ3) is 2.59. The summed E-state index contributed by atoms with van der Waals surface area (Å²) in [6, 6.07) is 9.14. The van der Waals surface area contributed by atoms with Gasteiger partial charge in [0.25, 0.3) is 0 Å². The highest BCUT2D eigenvalue weighted by Crippen LogP contribution is 2.46. The number of methoxy groups -OCH3 is 2. The monoisotopic (exact) mass is 330 g/mol. The summed E-state index contributed by atoms with van der Waals surface area (Å²) in [4.78, 5) is 0. The fourth-order valence-corrected chi connectivity index (χ4v) is 2.99. The molecule has 2 heterocycles. The highest BCUT2D eigenvalue weighted by molar-refractivity contribution is 5.51. The van der Waals surface area contributed by atoms with Crippen LogP contribution in [0.1, 0.15) is 17.2 Å². The number of benzene rings is 2. The van der Waals surface area contributed by atoms with Crippen LogP contribution in [0.25, 0.3) is 0 Å². The van der Waals surface area contributed by atoms with Gasteiger partial charge in [-0.05, 0) is 17.7 Å². The molecular weight excluding hydrogens is 312 g/mol. The van der Waals surface area contributed by atoms with Crippen LogP contribution < -0.4 is 18.9 Å². The van der Waals surface area contributed by atoms with E-state index >= 15 is 0 Å². The van der Waals surface area contributed by atoms with E-state index in [1.807, 2.05) is 18.2 Å². The van der Waals surface area contributed by atoms with Crippen LogP contribution in [0, 0.1) is 0 Å². The van der Waals surface area contributed by atoms with Gasteiger partial charge in [-0.1, -0.05) is 6.07 Å². The lowest BCUT2D eigenvalue weighted by molar-refractivity contribution is 0.174. The number of hydrogen-bond acceptors (Lipinski definition) is 6. The summed E-state index contributed by atoms with van der Waals surface area (Å²) in [6.45, 7) is 0.255. The summed E-state index contributed by atoms with van der Waals surface area (Å²) < 4.78 is 27.0. The number of fused-ring (bicyclic) bond motifs is 1. The number of ether oxygens (including phenoxy) is 5. The number of aromatic hydroxyl groups is 1. The average molecular weight is 330 g/mol. The van der Waals surface area contributed by atoms with Crippen molar-refractivity contribution in [2.45, 2.75) is 18.6 Å². The van der Waals surface area contributed by atoms with Gasteiger partial charge in [-0.3, -0.25) is 0 Å². The summed E-state index contributed by atoms with van der Waals surface area (Å²) in [6.07, 6.45) is 0.516. The second kappa shape index (κ2) is 5.79. The van der Waals surface area contributed by atoms with Gasteiger partial charge in [-0.2, -0.15) is 0 Å². The van der Waals surface area contributed by atoms with Crippen molar-refractivity contribution in [3.05, 3.63) is 41.5 Å². The molecule has 0 amide bonds. The van der Waals surface area contributed by atoms with E-state index in [1.54, 1.807) is 26.4 Å². The average Bonchev–Trinajstić information content (AvgIpc) is 3.21. The Bertz CT molecular complexity index is 772. The van der Waals surface area contributed by atoms with Crippen molar-refractivity contribution in [3.8, 4) is 28.7 Å². The maximum absolute atomic E-state index is 10.2. The fourth-order valence-electron chi connectivity index (χ4n) is 2.99. The fraction of sp³-hybridized carbons (Fsp3) is 0.333. The third-order valence-electron chi connectivity index (χ3n) is 4.33. The molecule has 126 valence electrons. The van der Waals surface area contributed by atoms with Gasteiger partial charge in [0.05, 0.1) is 20.3 Å². The Balaban J connectivity index is 1.52. The Morgan fingerprint density at radius 1 is 1.08 bits per heavy atom. The van der Waals surface area contributed by atoms with Crippen molar-refractivity contribution in [3.63, 3.8) is 0 Å². The van der Waals surface area contributed by atoms with Gasteiger partial charge in [-0.15, -0.1) is 0 Å². The third-order valence-corrected chi connectivity index (χ3v) is 4.33. The zero-order valence-corrected chi connectivity index (χ0v) is 13.4. The molecule has 1 N–H and O–H groups in total. The summed E-state index contributed by atoms with van der Waals surface area (Å²) in [5.74, 6) is 2.78. The zero-order chi connectivity index (χ0) is 16.7. The first-order chi connectivity index (χ1) is 11.7. The van der Waals surface area contributed by atoms with Gasteiger partial charge in [0.15, 0.2) is 11.5 Å². The molecule has 24 heavy (non-hydrogen) atoms. The standard InChI is InChI=1S/C18H18O6/c1-20-11-6-13(19)12(15(7-11)21-2)8-17-18(24-17)10-3-4-14-16(5-10)23-9-22-14/h3-7,17-19H,8-9H2,1-2H3/t17-,18-/m0/s1. The van der Waals surface area contributed by atoms with Crippen molar-refractivity contribution >= 4 is 0 Å². The maximum atomic E-state index is 10.2. The van der Waals surface area contributed by atoms with Crippen molar-refractivity contribution in [1.82, 2.24) is 0 Å². The van der Waals surface area contributed by atoms with Crippen LogP contribution >= 0.6 is 0 Å².